The predicted molar refractivity (Wildman–Crippen MR) is 97.0 cm³/mol. The van der Waals surface area contributed by atoms with Gasteiger partial charge in [0.15, 0.2) is 10.8 Å². The average Bonchev–Trinajstić information content (AvgIpc) is 2.77. The van der Waals surface area contributed by atoms with Crippen LogP contribution in [-0.4, -0.2) is 19.1 Å². The summed E-state index contributed by atoms with van der Waals surface area (Å²) in [4.78, 5) is 20.8. The van der Waals surface area contributed by atoms with Crippen molar-refractivity contribution in [1.82, 2.24) is 19.1 Å². The molecule has 0 radical (unpaired) electrons. The third kappa shape index (κ3) is 2.88. The summed E-state index contributed by atoms with van der Waals surface area (Å²) < 4.78 is 2.91. The predicted octanol–water partition coefficient (Wildman–Crippen LogP) is 3.37. The Morgan fingerprint density at radius 2 is 1.92 bits per heavy atom. The molecule has 0 aliphatic carbocycles. The SMILES string of the molecule is C=CCn1c(=O)n(Cc2ccc(Cl)c(Cl)c2)c2nc(N)nc(Cl)c21. The van der Waals surface area contributed by atoms with Gasteiger partial charge in [0.2, 0.25) is 5.95 Å². The normalized spacial score (nSPS) is 11.1. The van der Waals surface area contributed by atoms with Crippen molar-refractivity contribution >= 4 is 51.9 Å². The maximum Gasteiger partial charge on any atom is 0.331 e. The lowest BCUT2D eigenvalue weighted by Crippen LogP contribution is -2.24. The van der Waals surface area contributed by atoms with Crippen molar-refractivity contribution in [3.63, 3.8) is 0 Å². The van der Waals surface area contributed by atoms with Gasteiger partial charge >= 0.3 is 5.69 Å². The number of nitrogens with zero attached hydrogens (tertiary/aromatic N) is 4. The second kappa shape index (κ2) is 6.47. The molecule has 0 amide bonds. The van der Waals surface area contributed by atoms with E-state index in [9.17, 15) is 4.79 Å². The minimum Gasteiger partial charge on any atom is -0.368 e. The van der Waals surface area contributed by atoms with Gasteiger partial charge in [-0.25, -0.2) is 4.79 Å². The van der Waals surface area contributed by atoms with Crippen LogP contribution in [0.15, 0.2) is 35.6 Å². The number of nitrogens with two attached hydrogens (primary N) is 1. The summed E-state index contributed by atoms with van der Waals surface area (Å²) in [6.07, 6.45) is 1.59. The third-order valence-electron chi connectivity index (χ3n) is 3.46. The molecule has 2 N–H and O–H groups in total. The summed E-state index contributed by atoms with van der Waals surface area (Å²) in [5.41, 5.74) is 6.93. The average molecular weight is 385 g/mol. The Hall–Kier alpha value is -2.02. The number of benzene rings is 1. The number of allylic oxidation sites excluding steroid dienone is 1. The second-order valence-corrected chi connectivity index (χ2v) is 6.23. The zero-order valence-electron chi connectivity index (χ0n) is 12.3. The fourth-order valence-electron chi connectivity index (χ4n) is 2.45. The van der Waals surface area contributed by atoms with Gasteiger partial charge in [-0.3, -0.25) is 9.13 Å². The first-order chi connectivity index (χ1) is 11.4. The standard InChI is InChI=1S/C15H12Cl3N5O/c1-2-5-22-11-12(18)20-14(19)21-13(11)23(15(22)24)7-8-3-4-9(16)10(17)6-8/h2-4,6H,1,5,7H2,(H2,19,20,21). The summed E-state index contributed by atoms with van der Waals surface area (Å²) in [5.74, 6) is -0.00820. The van der Waals surface area contributed by atoms with Crippen molar-refractivity contribution in [3.8, 4) is 0 Å². The first-order valence-corrected chi connectivity index (χ1v) is 8.02. The van der Waals surface area contributed by atoms with Crippen LogP contribution >= 0.6 is 34.8 Å². The summed E-state index contributed by atoms with van der Waals surface area (Å²) >= 11 is 18.1. The van der Waals surface area contributed by atoms with Crippen LogP contribution in [0, 0.1) is 0 Å². The van der Waals surface area contributed by atoms with Crippen LogP contribution in [0.25, 0.3) is 11.2 Å². The highest BCUT2D eigenvalue weighted by molar-refractivity contribution is 6.42. The molecule has 6 nitrogen and oxygen atoms in total. The maximum absolute atomic E-state index is 12.7. The van der Waals surface area contributed by atoms with Crippen LogP contribution in [0.1, 0.15) is 5.56 Å². The molecule has 2 heterocycles. The summed E-state index contributed by atoms with van der Waals surface area (Å²) in [7, 11) is 0. The van der Waals surface area contributed by atoms with Gasteiger partial charge in [-0.05, 0) is 17.7 Å². The van der Waals surface area contributed by atoms with Gasteiger partial charge in [0, 0.05) is 6.54 Å². The van der Waals surface area contributed by atoms with Gasteiger partial charge in [-0.2, -0.15) is 9.97 Å². The van der Waals surface area contributed by atoms with E-state index in [1.165, 1.54) is 9.13 Å². The number of halogens is 3. The van der Waals surface area contributed by atoms with Crippen LogP contribution < -0.4 is 11.4 Å². The highest BCUT2D eigenvalue weighted by Crippen LogP contribution is 2.25. The molecule has 0 aliphatic heterocycles. The number of nitrogen functional groups attached to an aromatic ring is 1. The van der Waals surface area contributed by atoms with Crippen LogP contribution in [0.2, 0.25) is 15.2 Å². The van der Waals surface area contributed by atoms with Gasteiger partial charge < -0.3 is 5.73 Å². The molecule has 3 aromatic rings. The van der Waals surface area contributed by atoms with Crippen molar-refractivity contribution in [2.24, 2.45) is 0 Å². The number of hydrogen-bond acceptors (Lipinski definition) is 4. The number of anilines is 1. The molecular formula is C15H12Cl3N5O. The van der Waals surface area contributed by atoms with Gasteiger partial charge in [0.1, 0.15) is 5.52 Å². The minimum atomic E-state index is -0.294. The Kier molecular flexibility index (Phi) is 4.54. The molecule has 0 saturated carbocycles. The molecule has 0 fully saturated rings. The molecule has 1 aromatic carbocycles. The maximum atomic E-state index is 12.7. The van der Waals surface area contributed by atoms with E-state index in [0.717, 1.165) is 5.56 Å². The van der Waals surface area contributed by atoms with Gasteiger partial charge in [0.05, 0.1) is 16.6 Å². The number of aromatic nitrogens is 4. The highest BCUT2D eigenvalue weighted by Gasteiger charge is 2.18. The van der Waals surface area contributed by atoms with E-state index >= 15 is 0 Å². The molecule has 3 rings (SSSR count). The zero-order valence-corrected chi connectivity index (χ0v) is 14.6. The largest absolute Gasteiger partial charge is 0.368 e. The van der Waals surface area contributed by atoms with Crippen molar-refractivity contribution in [2.45, 2.75) is 13.1 Å². The number of imidazole rings is 1. The van der Waals surface area contributed by atoms with E-state index in [4.69, 9.17) is 40.5 Å². The number of fused-ring (bicyclic) bond motifs is 1. The van der Waals surface area contributed by atoms with Crippen molar-refractivity contribution in [2.75, 3.05) is 5.73 Å². The Balaban J connectivity index is 2.23. The lowest BCUT2D eigenvalue weighted by Gasteiger charge is -2.05. The highest BCUT2D eigenvalue weighted by atomic mass is 35.5. The van der Waals surface area contributed by atoms with E-state index in [2.05, 4.69) is 16.5 Å². The topological polar surface area (TPSA) is 78.7 Å². The Morgan fingerprint density at radius 3 is 2.58 bits per heavy atom. The first kappa shape index (κ1) is 16.8. The van der Waals surface area contributed by atoms with Crippen LogP contribution in [0.5, 0.6) is 0 Å². The monoisotopic (exact) mass is 383 g/mol. The fourth-order valence-corrected chi connectivity index (χ4v) is 3.04. The summed E-state index contributed by atoms with van der Waals surface area (Å²) in [6.45, 7) is 4.17. The molecule has 0 bridgehead atoms. The van der Waals surface area contributed by atoms with E-state index < -0.39 is 0 Å². The number of rotatable bonds is 4. The van der Waals surface area contributed by atoms with Crippen LogP contribution in [-0.2, 0) is 13.1 Å². The quantitative estimate of drug-likeness (QED) is 0.552. The Bertz CT molecular complexity index is 1010. The van der Waals surface area contributed by atoms with Gasteiger partial charge in [0.25, 0.3) is 0 Å². The third-order valence-corrected chi connectivity index (χ3v) is 4.47. The van der Waals surface area contributed by atoms with Crippen molar-refractivity contribution in [3.05, 3.63) is 62.1 Å². The molecule has 0 saturated heterocycles. The smallest absolute Gasteiger partial charge is 0.331 e. The molecule has 0 aliphatic rings. The summed E-state index contributed by atoms with van der Waals surface area (Å²) in [5, 5.41) is 0.963. The molecule has 9 heteroatoms. The van der Waals surface area contributed by atoms with E-state index in [-0.39, 0.29) is 29.9 Å². The minimum absolute atomic E-state index is 0.00820. The van der Waals surface area contributed by atoms with Crippen LogP contribution in [0.3, 0.4) is 0 Å². The second-order valence-electron chi connectivity index (χ2n) is 5.06. The van der Waals surface area contributed by atoms with Gasteiger partial charge in [-0.1, -0.05) is 46.9 Å². The molecule has 24 heavy (non-hydrogen) atoms. The van der Waals surface area contributed by atoms with Crippen LogP contribution in [0.4, 0.5) is 5.95 Å². The Morgan fingerprint density at radius 1 is 1.17 bits per heavy atom. The molecule has 124 valence electrons. The van der Waals surface area contributed by atoms with E-state index in [1.807, 2.05) is 0 Å². The molecule has 0 atom stereocenters. The summed E-state index contributed by atoms with van der Waals surface area (Å²) in [6, 6.07) is 5.14. The molecule has 0 unspecified atom stereocenters. The van der Waals surface area contributed by atoms with Gasteiger partial charge in [-0.15, -0.1) is 6.58 Å². The zero-order chi connectivity index (χ0) is 17.4. The number of hydrogen-bond donors (Lipinski definition) is 1. The van der Waals surface area contributed by atoms with E-state index in [1.54, 1.807) is 24.3 Å². The lowest BCUT2D eigenvalue weighted by molar-refractivity contribution is 0.707. The Labute approximate surface area is 152 Å². The van der Waals surface area contributed by atoms with E-state index in [0.29, 0.717) is 21.2 Å². The fraction of sp³-hybridized carbons (Fsp3) is 0.133. The lowest BCUT2D eigenvalue weighted by atomic mass is 10.2. The molecule has 0 spiro atoms. The van der Waals surface area contributed by atoms with Crippen molar-refractivity contribution < 1.29 is 0 Å². The molecular weight excluding hydrogens is 373 g/mol. The molecule has 2 aromatic heterocycles. The first-order valence-electron chi connectivity index (χ1n) is 6.89. The van der Waals surface area contributed by atoms with Crippen molar-refractivity contribution in [1.29, 1.82) is 0 Å².